The van der Waals surface area contributed by atoms with E-state index in [1.54, 1.807) is 6.20 Å². The largest absolute Gasteiger partial charge is 0.349 e. The summed E-state index contributed by atoms with van der Waals surface area (Å²) in [6, 6.07) is 0. The van der Waals surface area contributed by atoms with Gasteiger partial charge in [0.15, 0.2) is 0 Å². The molecule has 3 nitrogen and oxygen atoms in total. The van der Waals surface area contributed by atoms with Gasteiger partial charge in [-0.1, -0.05) is 19.3 Å². The molecular weight excluding hydrogens is 162 g/mol. The lowest BCUT2D eigenvalue weighted by atomic mass is 9.80. The molecule has 1 saturated carbocycles. The van der Waals surface area contributed by atoms with Crippen LogP contribution in [0.4, 0.5) is 0 Å². The van der Waals surface area contributed by atoms with Crippen LogP contribution < -0.4 is 5.73 Å². The minimum Gasteiger partial charge on any atom is -0.349 e. The van der Waals surface area contributed by atoms with Crippen LogP contribution in [0.3, 0.4) is 0 Å². The first-order valence-electron chi connectivity index (χ1n) is 5.06. The van der Waals surface area contributed by atoms with E-state index in [-0.39, 0.29) is 5.54 Å². The van der Waals surface area contributed by atoms with Gasteiger partial charge in [0.25, 0.3) is 0 Å². The van der Waals surface area contributed by atoms with Crippen molar-refractivity contribution in [3.63, 3.8) is 0 Å². The number of aromatic amines is 1. The lowest BCUT2D eigenvalue weighted by molar-refractivity contribution is 0.290. The first kappa shape index (κ1) is 8.75. The zero-order chi connectivity index (χ0) is 9.15. The zero-order valence-corrected chi connectivity index (χ0v) is 7.92. The fourth-order valence-electron chi connectivity index (χ4n) is 2.16. The molecule has 2 rings (SSSR count). The molecule has 0 saturated heterocycles. The van der Waals surface area contributed by atoms with Gasteiger partial charge in [-0.05, 0) is 12.8 Å². The summed E-state index contributed by atoms with van der Waals surface area (Å²) < 4.78 is 0. The van der Waals surface area contributed by atoms with E-state index in [0.717, 1.165) is 25.1 Å². The number of nitrogens with zero attached hydrogens (tertiary/aromatic N) is 1. The van der Waals surface area contributed by atoms with Crippen LogP contribution in [0, 0.1) is 0 Å². The summed E-state index contributed by atoms with van der Waals surface area (Å²) >= 11 is 0. The SMILES string of the molecule is NC1(Cc2ncc[nH]2)CCCCC1. The maximum absolute atomic E-state index is 6.29. The Labute approximate surface area is 78.7 Å². The number of nitrogens with one attached hydrogen (secondary N) is 1. The summed E-state index contributed by atoms with van der Waals surface area (Å²) in [5, 5.41) is 0. The molecular formula is C10H17N3. The van der Waals surface area contributed by atoms with Crippen molar-refractivity contribution in [1.29, 1.82) is 0 Å². The second kappa shape index (κ2) is 3.50. The number of nitrogens with two attached hydrogens (primary N) is 1. The third-order valence-corrected chi connectivity index (χ3v) is 2.92. The monoisotopic (exact) mass is 179 g/mol. The van der Waals surface area contributed by atoms with Crippen molar-refractivity contribution in [2.24, 2.45) is 5.73 Å². The van der Waals surface area contributed by atoms with Gasteiger partial charge >= 0.3 is 0 Å². The Morgan fingerprint density at radius 3 is 2.77 bits per heavy atom. The fraction of sp³-hybridized carbons (Fsp3) is 0.700. The van der Waals surface area contributed by atoms with Gasteiger partial charge in [-0.15, -0.1) is 0 Å². The normalized spacial score (nSPS) is 21.6. The van der Waals surface area contributed by atoms with Crippen LogP contribution >= 0.6 is 0 Å². The van der Waals surface area contributed by atoms with Crippen molar-refractivity contribution in [1.82, 2.24) is 9.97 Å². The first-order valence-corrected chi connectivity index (χ1v) is 5.06. The lowest BCUT2D eigenvalue weighted by Crippen LogP contribution is -2.44. The minimum atomic E-state index is 0.0100. The Hall–Kier alpha value is -0.830. The molecule has 0 aromatic carbocycles. The smallest absolute Gasteiger partial charge is 0.107 e. The zero-order valence-electron chi connectivity index (χ0n) is 7.92. The van der Waals surface area contributed by atoms with Crippen molar-refractivity contribution in [2.45, 2.75) is 44.1 Å². The van der Waals surface area contributed by atoms with Gasteiger partial charge in [0.1, 0.15) is 5.82 Å². The van der Waals surface area contributed by atoms with E-state index >= 15 is 0 Å². The molecule has 0 atom stereocenters. The summed E-state index contributed by atoms with van der Waals surface area (Å²) in [6.45, 7) is 0. The summed E-state index contributed by atoms with van der Waals surface area (Å²) in [5.74, 6) is 1.03. The van der Waals surface area contributed by atoms with Gasteiger partial charge in [-0.3, -0.25) is 0 Å². The average molecular weight is 179 g/mol. The van der Waals surface area contributed by atoms with Crippen molar-refractivity contribution in [2.75, 3.05) is 0 Å². The van der Waals surface area contributed by atoms with E-state index in [1.807, 2.05) is 6.20 Å². The molecule has 3 N–H and O–H groups in total. The van der Waals surface area contributed by atoms with Crippen molar-refractivity contribution < 1.29 is 0 Å². The Kier molecular flexibility index (Phi) is 2.36. The predicted octanol–water partition coefficient (Wildman–Crippen LogP) is 1.61. The van der Waals surface area contributed by atoms with Gasteiger partial charge in [0, 0.05) is 24.4 Å². The Balaban J connectivity index is 1.99. The Bertz CT molecular complexity index is 247. The topological polar surface area (TPSA) is 54.7 Å². The fourth-order valence-corrected chi connectivity index (χ4v) is 2.16. The molecule has 0 bridgehead atoms. The minimum absolute atomic E-state index is 0.0100. The highest BCUT2D eigenvalue weighted by Gasteiger charge is 2.28. The number of aromatic nitrogens is 2. The molecule has 3 heteroatoms. The standard InChI is InChI=1S/C10H17N3/c11-10(4-2-1-3-5-10)8-9-12-6-7-13-9/h6-7H,1-5,8,11H2,(H,12,13). The Morgan fingerprint density at radius 2 is 2.15 bits per heavy atom. The highest BCUT2D eigenvalue weighted by molar-refractivity contribution is 4.99. The summed E-state index contributed by atoms with van der Waals surface area (Å²) in [6.07, 6.45) is 10.7. The Morgan fingerprint density at radius 1 is 1.38 bits per heavy atom. The van der Waals surface area contributed by atoms with Crippen LogP contribution in [0.2, 0.25) is 0 Å². The molecule has 1 fully saturated rings. The summed E-state index contributed by atoms with van der Waals surface area (Å²) in [4.78, 5) is 7.34. The number of hydrogen-bond acceptors (Lipinski definition) is 2. The maximum atomic E-state index is 6.29. The van der Waals surface area contributed by atoms with E-state index < -0.39 is 0 Å². The van der Waals surface area contributed by atoms with Crippen molar-refractivity contribution >= 4 is 0 Å². The highest BCUT2D eigenvalue weighted by Crippen LogP contribution is 2.28. The van der Waals surface area contributed by atoms with Crippen LogP contribution in [0.15, 0.2) is 12.4 Å². The van der Waals surface area contributed by atoms with Crippen LogP contribution in [0.25, 0.3) is 0 Å². The number of hydrogen-bond donors (Lipinski definition) is 2. The van der Waals surface area contributed by atoms with E-state index in [4.69, 9.17) is 5.73 Å². The van der Waals surface area contributed by atoms with E-state index in [1.165, 1.54) is 19.3 Å². The molecule has 1 aliphatic carbocycles. The van der Waals surface area contributed by atoms with Gasteiger partial charge in [0.05, 0.1) is 0 Å². The quantitative estimate of drug-likeness (QED) is 0.724. The molecule has 0 unspecified atom stereocenters. The molecule has 72 valence electrons. The van der Waals surface area contributed by atoms with Crippen molar-refractivity contribution in [3.8, 4) is 0 Å². The van der Waals surface area contributed by atoms with Crippen LogP contribution in [-0.4, -0.2) is 15.5 Å². The predicted molar refractivity (Wildman–Crippen MR) is 52.3 cm³/mol. The van der Waals surface area contributed by atoms with E-state index in [0.29, 0.717) is 0 Å². The molecule has 1 heterocycles. The molecule has 0 amide bonds. The molecule has 1 aromatic heterocycles. The molecule has 0 radical (unpaired) electrons. The van der Waals surface area contributed by atoms with E-state index in [9.17, 15) is 0 Å². The van der Waals surface area contributed by atoms with Crippen molar-refractivity contribution in [3.05, 3.63) is 18.2 Å². The van der Waals surface area contributed by atoms with Gasteiger partial charge in [0.2, 0.25) is 0 Å². The number of H-pyrrole nitrogens is 1. The maximum Gasteiger partial charge on any atom is 0.107 e. The second-order valence-corrected chi connectivity index (χ2v) is 4.14. The molecule has 13 heavy (non-hydrogen) atoms. The van der Waals surface area contributed by atoms with Crippen LogP contribution in [-0.2, 0) is 6.42 Å². The van der Waals surface area contributed by atoms with Gasteiger partial charge < -0.3 is 10.7 Å². The molecule has 0 spiro atoms. The third kappa shape index (κ3) is 2.10. The van der Waals surface area contributed by atoms with Gasteiger partial charge in [-0.2, -0.15) is 0 Å². The van der Waals surface area contributed by atoms with Gasteiger partial charge in [-0.25, -0.2) is 4.98 Å². The second-order valence-electron chi connectivity index (χ2n) is 4.14. The summed E-state index contributed by atoms with van der Waals surface area (Å²) in [5.41, 5.74) is 6.30. The number of rotatable bonds is 2. The number of imidazole rings is 1. The molecule has 0 aliphatic heterocycles. The van der Waals surface area contributed by atoms with Crippen LogP contribution in [0.1, 0.15) is 37.9 Å². The average Bonchev–Trinajstić information content (AvgIpc) is 2.57. The highest BCUT2D eigenvalue weighted by atomic mass is 14.9. The molecule has 1 aromatic rings. The first-order chi connectivity index (χ1) is 6.29. The molecule has 1 aliphatic rings. The van der Waals surface area contributed by atoms with E-state index in [2.05, 4.69) is 9.97 Å². The van der Waals surface area contributed by atoms with Crippen LogP contribution in [0.5, 0.6) is 0 Å². The lowest BCUT2D eigenvalue weighted by Gasteiger charge is -2.32. The third-order valence-electron chi connectivity index (χ3n) is 2.92. The summed E-state index contributed by atoms with van der Waals surface area (Å²) in [7, 11) is 0.